The summed E-state index contributed by atoms with van der Waals surface area (Å²) >= 11 is 0. The lowest BCUT2D eigenvalue weighted by Crippen LogP contribution is -2.22. The summed E-state index contributed by atoms with van der Waals surface area (Å²) in [5.74, 6) is 0.718. The van der Waals surface area contributed by atoms with Gasteiger partial charge in [0.05, 0.1) is 5.69 Å². The zero-order valence-corrected chi connectivity index (χ0v) is 11.0. The molecule has 1 N–H and O–H groups in total. The van der Waals surface area contributed by atoms with Gasteiger partial charge in [0.1, 0.15) is 0 Å². The molecule has 92 valence electrons. The van der Waals surface area contributed by atoms with Crippen molar-refractivity contribution < 1.29 is 0 Å². The second-order valence-corrected chi connectivity index (χ2v) is 4.96. The maximum Gasteiger partial charge on any atom is 0.0762 e. The Morgan fingerprint density at radius 2 is 2.12 bits per heavy atom. The fourth-order valence-electron chi connectivity index (χ4n) is 1.81. The lowest BCUT2D eigenvalue weighted by molar-refractivity contribution is 0.417. The van der Waals surface area contributed by atoms with Crippen LogP contribution in [0.4, 0.5) is 0 Å². The van der Waals surface area contributed by atoms with Crippen molar-refractivity contribution in [3.63, 3.8) is 0 Å². The summed E-state index contributed by atoms with van der Waals surface area (Å²) < 4.78 is 2.07. The molecule has 0 aromatic carbocycles. The highest BCUT2D eigenvalue weighted by Crippen LogP contribution is 2.08. The molecule has 0 fully saturated rings. The van der Waals surface area contributed by atoms with E-state index in [1.54, 1.807) is 0 Å². The summed E-state index contributed by atoms with van der Waals surface area (Å²) in [5.41, 5.74) is 1.14. The van der Waals surface area contributed by atoms with Gasteiger partial charge in [0.25, 0.3) is 0 Å². The molecule has 16 heavy (non-hydrogen) atoms. The third-order valence-electron chi connectivity index (χ3n) is 2.67. The van der Waals surface area contributed by atoms with E-state index in [1.165, 1.54) is 12.8 Å². The smallest absolute Gasteiger partial charge is 0.0762 e. The van der Waals surface area contributed by atoms with Crippen molar-refractivity contribution in [1.29, 1.82) is 0 Å². The molecule has 1 aromatic heterocycles. The highest BCUT2D eigenvalue weighted by molar-refractivity contribution is 4.98. The molecule has 1 aromatic rings. The van der Waals surface area contributed by atoms with E-state index in [4.69, 9.17) is 0 Å². The lowest BCUT2D eigenvalue weighted by atomic mass is 10.1. The average Bonchev–Trinajstić information content (AvgIpc) is 2.63. The molecule has 1 rings (SSSR count). The van der Waals surface area contributed by atoms with Gasteiger partial charge in [-0.05, 0) is 18.4 Å². The number of nitrogens with zero attached hydrogens (tertiary/aromatic N) is 2. The predicted octanol–water partition coefficient (Wildman–Crippen LogP) is 2.82. The van der Waals surface area contributed by atoms with Gasteiger partial charge in [-0.3, -0.25) is 4.68 Å². The Labute approximate surface area is 99.2 Å². The normalized spacial score (nSPS) is 13.3. The fourth-order valence-corrected chi connectivity index (χ4v) is 1.81. The summed E-state index contributed by atoms with van der Waals surface area (Å²) in [7, 11) is 0. The van der Waals surface area contributed by atoms with Crippen LogP contribution in [0.3, 0.4) is 0 Å². The molecule has 0 amide bonds. The Kier molecular flexibility index (Phi) is 5.53. The van der Waals surface area contributed by atoms with Gasteiger partial charge in [0, 0.05) is 25.3 Å². The van der Waals surface area contributed by atoms with Crippen LogP contribution in [0.15, 0.2) is 12.3 Å². The highest BCUT2D eigenvalue weighted by Gasteiger charge is 2.04. The second kappa shape index (κ2) is 6.69. The van der Waals surface area contributed by atoms with E-state index in [0.717, 1.165) is 24.7 Å². The van der Waals surface area contributed by atoms with E-state index in [1.807, 2.05) is 0 Å². The van der Waals surface area contributed by atoms with Crippen LogP contribution < -0.4 is 5.32 Å². The molecule has 0 aliphatic carbocycles. The van der Waals surface area contributed by atoms with E-state index in [2.05, 4.69) is 55.1 Å². The van der Waals surface area contributed by atoms with Gasteiger partial charge >= 0.3 is 0 Å². The van der Waals surface area contributed by atoms with Crippen molar-refractivity contribution in [3.8, 4) is 0 Å². The van der Waals surface area contributed by atoms with Crippen molar-refractivity contribution in [2.45, 2.75) is 59.7 Å². The first-order chi connectivity index (χ1) is 7.61. The molecule has 0 radical (unpaired) electrons. The van der Waals surface area contributed by atoms with E-state index in [0.29, 0.717) is 6.04 Å². The first-order valence-corrected chi connectivity index (χ1v) is 6.37. The second-order valence-electron chi connectivity index (χ2n) is 4.96. The molecule has 1 unspecified atom stereocenters. The number of hydrogen-bond acceptors (Lipinski definition) is 2. The van der Waals surface area contributed by atoms with Crippen LogP contribution in [0, 0.1) is 5.92 Å². The van der Waals surface area contributed by atoms with Crippen molar-refractivity contribution in [3.05, 3.63) is 18.0 Å². The Bertz CT molecular complexity index is 291. The zero-order valence-electron chi connectivity index (χ0n) is 11.0. The molecule has 0 aliphatic heterocycles. The van der Waals surface area contributed by atoms with E-state index in [9.17, 15) is 0 Å². The molecular weight excluding hydrogens is 198 g/mol. The summed E-state index contributed by atoms with van der Waals surface area (Å²) in [5, 5.41) is 7.94. The lowest BCUT2D eigenvalue weighted by Gasteiger charge is -2.09. The molecule has 0 saturated heterocycles. The van der Waals surface area contributed by atoms with Crippen molar-refractivity contribution in [2.24, 2.45) is 5.92 Å². The molecule has 0 spiro atoms. The van der Waals surface area contributed by atoms with E-state index < -0.39 is 0 Å². The summed E-state index contributed by atoms with van der Waals surface area (Å²) in [6.45, 7) is 10.7. The van der Waals surface area contributed by atoms with Crippen LogP contribution in [0.2, 0.25) is 0 Å². The first-order valence-electron chi connectivity index (χ1n) is 6.37. The minimum Gasteiger partial charge on any atom is -0.309 e. The minimum absolute atomic E-state index is 0.518. The van der Waals surface area contributed by atoms with Crippen molar-refractivity contribution in [2.75, 3.05) is 0 Å². The first kappa shape index (κ1) is 13.2. The zero-order chi connectivity index (χ0) is 12.0. The van der Waals surface area contributed by atoms with E-state index in [-0.39, 0.29) is 0 Å². The van der Waals surface area contributed by atoms with Crippen molar-refractivity contribution in [1.82, 2.24) is 15.1 Å². The molecule has 3 nitrogen and oxygen atoms in total. The Balaban J connectivity index is 2.39. The van der Waals surface area contributed by atoms with Crippen molar-refractivity contribution >= 4 is 0 Å². The molecule has 1 heterocycles. The molecule has 0 saturated carbocycles. The number of rotatable bonds is 7. The molecular formula is C13H25N3. The molecule has 1 atom stereocenters. The van der Waals surface area contributed by atoms with Gasteiger partial charge in [0.15, 0.2) is 0 Å². The van der Waals surface area contributed by atoms with Crippen LogP contribution in [-0.4, -0.2) is 15.8 Å². The molecule has 0 aliphatic rings. The SMILES string of the molecule is CCCC(C)Cn1ccc(CNC(C)C)n1. The third-order valence-corrected chi connectivity index (χ3v) is 2.67. The minimum atomic E-state index is 0.518. The van der Waals surface area contributed by atoms with Crippen LogP contribution in [0.25, 0.3) is 0 Å². The topological polar surface area (TPSA) is 29.9 Å². The number of aromatic nitrogens is 2. The van der Waals surface area contributed by atoms with Gasteiger partial charge in [-0.1, -0.05) is 34.1 Å². The Morgan fingerprint density at radius 1 is 1.38 bits per heavy atom. The standard InChI is InChI=1S/C13H25N3/c1-5-6-12(4)10-16-8-7-13(15-16)9-14-11(2)3/h7-8,11-12,14H,5-6,9-10H2,1-4H3. The van der Waals surface area contributed by atoms with Gasteiger partial charge in [0.2, 0.25) is 0 Å². The largest absolute Gasteiger partial charge is 0.309 e. The third kappa shape index (κ3) is 4.79. The van der Waals surface area contributed by atoms with Crippen LogP contribution in [0.5, 0.6) is 0 Å². The van der Waals surface area contributed by atoms with Crippen LogP contribution >= 0.6 is 0 Å². The molecule has 0 bridgehead atoms. The summed E-state index contributed by atoms with van der Waals surface area (Å²) in [4.78, 5) is 0. The van der Waals surface area contributed by atoms with Gasteiger partial charge < -0.3 is 5.32 Å². The molecule has 3 heteroatoms. The monoisotopic (exact) mass is 223 g/mol. The Morgan fingerprint density at radius 3 is 2.75 bits per heavy atom. The summed E-state index contributed by atoms with van der Waals surface area (Å²) in [6, 6.07) is 2.62. The fraction of sp³-hybridized carbons (Fsp3) is 0.769. The van der Waals surface area contributed by atoms with Gasteiger partial charge in [-0.25, -0.2) is 0 Å². The van der Waals surface area contributed by atoms with Crippen LogP contribution in [0.1, 0.15) is 46.2 Å². The number of hydrogen-bond donors (Lipinski definition) is 1. The number of nitrogens with one attached hydrogen (secondary N) is 1. The maximum atomic E-state index is 4.56. The van der Waals surface area contributed by atoms with E-state index >= 15 is 0 Å². The maximum absolute atomic E-state index is 4.56. The quantitative estimate of drug-likeness (QED) is 0.770. The average molecular weight is 223 g/mol. The van der Waals surface area contributed by atoms with Crippen LogP contribution in [-0.2, 0) is 13.1 Å². The Hall–Kier alpha value is -0.830. The summed E-state index contributed by atoms with van der Waals surface area (Å²) in [6.07, 6.45) is 4.62. The predicted molar refractivity (Wildman–Crippen MR) is 68.3 cm³/mol. The van der Waals surface area contributed by atoms with Gasteiger partial charge in [-0.15, -0.1) is 0 Å². The van der Waals surface area contributed by atoms with Gasteiger partial charge in [-0.2, -0.15) is 5.10 Å². The highest BCUT2D eigenvalue weighted by atomic mass is 15.3.